The van der Waals surface area contributed by atoms with Gasteiger partial charge in [-0.3, -0.25) is 0 Å². The number of nitrogens with one attached hydrogen (secondary N) is 1. The Kier molecular flexibility index (Phi) is 6.02. The fourth-order valence-electron chi connectivity index (χ4n) is 2.85. The maximum atomic E-state index is 12.8. The Balaban J connectivity index is 1.67. The summed E-state index contributed by atoms with van der Waals surface area (Å²) in [5.41, 5.74) is -4.56. The summed E-state index contributed by atoms with van der Waals surface area (Å²) in [7, 11) is -5.42. The predicted octanol–water partition coefficient (Wildman–Crippen LogP) is 2.64. The highest BCUT2D eigenvalue weighted by Gasteiger charge is 2.50. The first-order chi connectivity index (χ1) is 14.3. The lowest BCUT2D eigenvalue weighted by Crippen LogP contribution is -2.44. The lowest BCUT2D eigenvalue weighted by atomic mass is 10.1. The number of aromatic nitrogens is 3. The van der Waals surface area contributed by atoms with Crippen molar-refractivity contribution in [3.05, 3.63) is 35.7 Å². The summed E-state index contributed by atoms with van der Waals surface area (Å²) in [6.45, 7) is 4.64. The van der Waals surface area contributed by atoms with Crippen LogP contribution in [0.5, 0.6) is 0 Å². The number of hydrogen-bond donors (Lipinski definition) is 1. The molecule has 1 aliphatic heterocycles. The highest BCUT2D eigenvalue weighted by molar-refractivity contribution is 7.89. The summed E-state index contributed by atoms with van der Waals surface area (Å²) in [5.74, 6) is 0.401. The number of ether oxygens (including phenoxy) is 1. The second-order valence-electron chi connectivity index (χ2n) is 7.91. The van der Waals surface area contributed by atoms with Gasteiger partial charge in [0.05, 0.1) is 13.1 Å². The van der Waals surface area contributed by atoms with Crippen molar-refractivity contribution in [2.75, 3.05) is 6.54 Å². The number of rotatable bonds is 4. The maximum Gasteiger partial charge on any atom is 0.511 e. The Morgan fingerprint density at radius 2 is 1.81 bits per heavy atom. The van der Waals surface area contributed by atoms with Gasteiger partial charge in [-0.2, -0.15) is 22.6 Å². The zero-order valence-corrected chi connectivity index (χ0v) is 17.9. The van der Waals surface area contributed by atoms with Gasteiger partial charge in [-0.05, 0) is 26.3 Å². The molecule has 1 aromatic carbocycles. The van der Waals surface area contributed by atoms with Crippen LogP contribution in [0.25, 0.3) is 11.4 Å². The van der Waals surface area contributed by atoms with Crippen LogP contribution in [0.1, 0.15) is 32.2 Å². The number of alkyl carbamates (subject to hydrolysis) is 1. The van der Waals surface area contributed by atoms with Gasteiger partial charge in [0.15, 0.2) is 5.82 Å². The normalized spacial score (nSPS) is 15.4. The number of carbonyl (C=O) groups is 1. The van der Waals surface area contributed by atoms with Crippen molar-refractivity contribution < 1.29 is 31.1 Å². The van der Waals surface area contributed by atoms with Crippen LogP contribution < -0.4 is 5.32 Å². The van der Waals surface area contributed by atoms with Gasteiger partial charge in [0.2, 0.25) is 0 Å². The van der Waals surface area contributed by atoms with E-state index in [0.29, 0.717) is 9.87 Å². The molecule has 0 fully saturated rings. The van der Waals surface area contributed by atoms with Crippen LogP contribution in [0, 0.1) is 0 Å². The van der Waals surface area contributed by atoms with Crippen LogP contribution in [0.15, 0.2) is 24.3 Å². The molecule has 9 nitrogen and oxygen atoms in total. The minimum Gasteiger partial charge on any atom is -0.444 e. The standard InChI is InChI=1S/C18H22F3N5O4S/c1-17(2,3)30-16(27)22-10-12-4-6-13(7-5-12)15-23-14-11-25(8-9-26(14)24-15)31(28,29)18(19,20)21/h4-7H,8-11H2,1-3H3,(H,22,27). The monoisotopic (exact) mass is 461 g/mol. The van der Waals surface area contributed by atoms with E-state index in [1.807, 2.05) is 0 Å². The SMILES string of the molecule is CC(C)(C)OC(=O)NCc1ccc(-c2nc3n(n2)CCN(S(=O)(=O)C(F)(F)F)C3)cc1. The molecule has 0 unspecified atom stereocenters. The molecule has 1 amide bonds. The van der Waals surface area contributed by atoms with E-state index in [2.05, 4.69) is 15.4 Å². The third-order valence-corrected chi connectivity index (χ3v) is 5.88. The third kappa shape index (κ3) is 5.34. The van der Waals surface area contributed by atoms with E-state index in [0.717, 1.165) is 5.56 Å². The Bertz CT molecular complexity index is 1060. The van der Waals surface area contributed by atoms with Gasteiger partial charge in [0.1, 0.15) is 11.4 Å². The minimum absolute atomic E-state index is 0.0322. The second-order valence-corrected chi connectivity index (χ2v) is 9.84. The molecule has 13 heteroatoms. The van der Waals surface area contributed by atoms with Crippen molar-refractivity contribution in [3.8, 4) is 11.4 Å². The van der Waals surface area contributed by atoms with Crippen molar-refractivity contribution >= 4 is 16.1 Å². The Labute approximate surface area is 177 Å². The number of nitrogens with zero attached hydrogens (tertiary/aromatic N) is 4. The lowest BCUT2D eigenvalue weighted by Gasteiger charge is -2.26. The smallest absolute Gasteiger partial charge is 0.444 e. The van der Waals surface area contributed by atoms with Crippen molar-refractivity contribution in [1.82, 2.24) is 24.4 Å². The van der Waals surface area contributed by atoms with E-state index in [4.69, 9.17) is 4.74 Å². The average Bonchev–Trinajstić information content (AvgIpc) is 3.08. The molecule has 0 aliphatic carbocycles. The lowest BCUT2D eigenvalue weighted by molar-refractivity contribution is -0.0496. The van der Waals surface area contributed by atoms with Crippen LogP contribution in [-0.4, -0.2) is 51.2 Å². The molecule has 1 aromatic heterocycles. The Morgan fingerprint density at radius 3 is 2.39 bits per heavy atom. The molecular formula is C18H22F3N5O4S. The third-order valence-electron chi connectivity index (χ3n) is 4.31. The molecule has 0 saturated carbocycles. The molecule has 1 aliphatic rings. The number of amides is 1. The van der Waals surface area contributed by atoms with Crippen molar-refractivity contribution in [1.29, 1.82) is 0 Å². The summed E-state index contributed by atoms with van der Waals surface area (Å²) in [6, 6.07) is 6.90. The largest absolute Gasteiger partial charge is 0.511 e. The second kappa shape index (κ2) is 8.11. The van der Waals surface area contributed by atoms with Crippen molar-refractivity contribution in [2.24, 2.45) is 0 Å². The quantitative estimate of drug-likeness (QED) is 0.750. The topological polar surface area (TPSA) is 106 Å². The highest BCUT2D eigenvalue weighted by Crippen LogP contribution is 2.29. The summed E-state index contributed by atoms with van der Waals surface area (Å²) in [4.78, 5) is 15.9. The molecule has 170 valence electrons. The van der Waals surface area contributed by atoms with Crippen molar-refractivity contribution in [3.63, 3.8) is 0 Å². The summed E-state index contributed by atoms with van der Waals surface area (Å²) < 4.78 is 68.5. The van der Waals surface area contributed by atoms with Gasteiger partial charge in [-0.25, -0.2) is 22.9 Å². The first kappa shape index (κ1) is 23.0. The number of sulfonamides is 1. The van der Waals surface area contributed by atoms with Gasteiger partial charge in [0.25, 0.3) is 0 Å². The predicted molar refractivity (Wildman–Crippen MR) is 104 cm³/mol. The molecule has 0 spiro atoms. The van der Waals surface area contributed by atoms with Gasteiger partial charge in [0, 0.05) is 18.7 Å². The van der Waals surface area contributed by atoms with E-state index in [-0.39, 0.29) is 31.3 Å². The summed E-state index contributed by atoms with van der Waals surface area (Å²) in [6.07, 6.45) is -0.543. The number of fused-ring (bicyclic) bond motifs is 1. The number of benzene rings is 1. The van der Waals surface area contributed by atoms with Gasteiger partial charge in [-0.1, -0.05) is 24.3 Å². The zero-order chi connectivity index (χ0) is 23.0. The zero-order valence-electron chi connectivity index (χ0n) is 17.1. The van der Waals surface area contributed by atoms with E-state index >= 15 is 0 Å². The van der Waals surface area contributed by atoms with Crippen LogP contribution in [0.2, 0.25) is 0 Å². The summed E-state index contributed by atoms with van der Waals surface area (Å²) >= 11 is 0. The first-order valence-corrected chi connectivity index (χ1v) is 10.8. The molecule has 0 bridgehead atoms. The van der Waals surface area contributed by atoms with Crippen LogP contribution in [-0.2, 0) is 34.4 Å². The number of halogens is 3. The van der Waals surface area contributed by atoms with E-state index < -0.39 is 33.8 Å². The highest BCUT2D eigenvalue weighted by atomic mass is 32.2. The summed E-state index contributed by atoms with van der Waals surface area (Å²) in [5, 5.41) is 6.89. The van der Waals surface area contributed by atoms with Gasteiger partial charge >= 0.3 is 21.6 Å². The number of carbonyl (C=O) groups excluding carboxylic acids is 1. The van der Waals surface area contributed by atoms with Crippen LogP contribution >= 0.6 is 0 Å². The van der Waals surface area contributed by atoms with Gasteiger partial charge in [-0.15, -0.1) is 0 Å². The molecule has 31 heavy (non-hydrogen) atoms. The first-order valence-electron chi connectivity index (χ1n) is 9.32. The Hall–Kier alpha value is -2.67. The molecule has 0 atom stereocenters. The fourth-order valence-corrected chi connectivity index (χ4v) is 3.75. The van der Waals surface area contributed by atoms with E-state index in [9.17, 15) is 26.4 Å². The van der Waals surface area contributed by atoms with Crippen LogP contribution in [0.3, 0.4) is 0 Å². The molecular weight excluding hydrogens is 439 g/mol. The van der Waals surface area contributed by atoms with E-state index in [1.54, 1.807) is 45.0 Å². The molecule has 1 N–H and O–H groups in total. The minimum atomic E-state index is -5.42. The van der Waals surface area contributed by atoms with Gasteiger partial charge < -0.3 is 10.1 Å². The number of alkyl halides is 3. The fraction of sp³-hybridized carbons (Fsp3) is 0.500. The molecule has 3 rings (SSSR count). The molecule has 2 heterocycles. The molecule has 0 saturated heterocycles. The number of hydrogen-bond acceptors (Lipinski definition) is 6. The maximum absolute atomic E-state index is 12.8. The molecule has 0 radical (unpaired) electrons. The van der Waals surface area contributed by atoms with Crippen molar-refractivity contribution in [2.45, 2.75) is 51.5 Å². The Morgan fingerprint density at radius 1 is 1.16 bits per heavy atom. The van der Waals surface area contributed by atoms with E-state index in [1.165, 1.54) is 4.68 Å². The average molecular weight is 461 g/mol. The van der Waals surface area contributed by atoms with Crippen LogP contribution in [0.4, 0.5) is 18.0 Å². The molecule has 2 aromatic rings.